The highest BCUT2D eigenvalue weighted by Crippen LogP contribution is 2.22. The number of carbonyl (C=O) groups is 1. The molecule has 7 nitrogen and oxygen atoms in total. The minimum Gasteiger partial charge on any atom is -0.453 e. The van der Waals surface area contributed by atoms with Crippen LogP contribution in [-0.4, -0.2) is 42.3 Å². The van der Waals surface area contributed by atoms with E-state index in [2.05, 4.69) is 15.2 Å². The zero-order valence-electron chi connectivity index (χ0n) is 14.3. The lowest BCUT2D eigenvalue weighted by Gasteiger charge is -2.32. The van der Waals surface area contributed by atoms with E-state index in [1.807, 2.05) is 12.1 Å². The Morgan fingerprint density at radius 3 is 3.16 bits per heavy atom. The van der Waals surface area contributed by atoms with Crippen molar-refractivity contribution in [2.24, 2.45) is 0 Å². The van der Waals surface area contributed by atoms with Crippen molar-refractivity contribution >= 4 is 11.7 Å². The van der Waals surface area contributed by atoms with Crippen LogP contribution in [-0.2, 0) is 17.9 Å². The first-order valence-corrected chi connectivity index (χ1v) is 8.40. The zero-order valence-corrected chi connectivity index (χ0v) is 14.3. The van der Waals surface area contributed by atoms with E-state index in [1.165, 1.54) is 0 Å². The third kappa shape index (κ3) is 4.37. The van der Waals surface area contributed by atoms with Gasteiger partial charge in [-0.3, -0.25) is 4.79 Å². The number of aromatic nitrogens is 1. The van der Waals surface area contributed by atoms with Crippen LogP contribution < -0.4 is 10.2 Å². The first kappa shape index (κ1) is 17.4. The highest BCUT2D eigenvalue weighted by Gasteiger charge is 2.21. The molecule has 1 saturated heterocycles. The number of aliphatic hydroxyl groups excluding tert-OH is 1. The van der Waals surface area contributed by atoms with Crippen LogP contribution in [0.4, 0.5) is 5.82 Å². The molecule has 0 spiro atoms. The molecule has 134 valence electrons. The molecule has 0 unspecified atom stereocenters. The molecule has 1 aliphatic rings. The number of pyridine rings is 1. The fourth-order valence-electron chi connectivity index (χ4n) is 2.98. The maximum atomic E-state index is 12.3. The molecule has 25 heavy (non-hydrogen) atoms. The van der Waals surface area contributed by atoms with Gasteiger partial charge < -0.3 is 24.5 Å². The normalized spacial score (nSPS) is 17.5. The summed E-state index contributed by atoms with van der Waals surface area (Å²) < 4.78 is 10.4. The number of aliphatic hydroxyl groups is 1. The van der Waals surface area contributed by atoms with Gasteiger partial charge in [0.05, 0.1) is 6.10 Å². The predicted molar refractivity (Wildman–Crippen MR) is 92.3 cm³/mol. The Balaban J connectivity index is 1.65. The Morgan fingerprint density at radius 1 is 1.48 bits per heavy atom. The number of β-amino-alcohol motifs (C(OH)–C–C–N with tert-alkyl or cyclic N) is 1. The Kier molecular flexibility index (Phi) is 5.67. The molecule has 1 amide bonds. The maximum absolute atomic E-state index is 12.3. The summed E-state index contributed by atoms with van der Waals surface area (Å²) >= 11 is 0. The smallest absolute Gasteiger partial charge is 0.287 e. The number of nitrogens with zero attached hydrogens (tertiary/aromatic N) is 2. The molecule has 1 aliphatic heterocycles. The van der Waals surface area contributed by atoms with Crippen LogP contribution in [0.3, 0.4) is 0 Å². The summed E-state index contributed by atoms with van der Waals surface area (Å²) in [6.45, 7) is 2.09. The summed E-state index contributed by atoms with van der Waals surface area (Å²) in [5.41, 5.74) is 0.911. The van der Waals surface area contributed by atoms with E-state index < -0.39 is 0 Å². The average Bonchev–Trinajstić information content (AvgIpc) is 3.09. The highest BCUT2D eigenvalue weighted by atomic mass is 16.5. The molecule has 3 rings (SSSR count). The van der Waals surface area contributed by atoms with E-state index in [0.29, 0.717) is 25.5 Å². The van der Waals surface area contributed by atoms with Crippen LogP contribution in [0.15, 0.2) is 34.9 Å². The van der Waals surface area contributed by atoms with Crippen LogP contribution in [0.5, 0.6) is 0 Å². The summed E-state index contributed by atoms with van der Waals surface area (Å²) in [6.07, 6.45) is 3.14. The fraction of sp³-hybridized carbons (Fsp3) is 0.444. The molecular formula is C18H23N3O4. The van der Waals surface area contributed by atoms with Crippen LogP contribution in [0.1, 0.15) is 34.7 Å². The van der Waals surface area contributed by atoms with E-state index in [9.17, 15) is 9.90 Å². The van der Waals surface area contributed by atoms with Crippen molar-refractivity contribution < 1.29 is 19.1 Å². The summed E-state index contributed by atoms with van der Waals surface area (Å²) in [7, 11) is 1.57. The van der Waals surface area contributed by atoms with Gasteiger partial charge in [0.15, 0.2) is 5.76 Å². The third-order valence-corrected chi connectivity index (χ3v) is 4.17. The molecule has 0 radical (unpaired) electrons. The summed E-state index contributed by atoms with van der Waals surface area (Å²) in [4.78, 5) is 18.8. The Hall–Kier alpha value is -2.38. The van der Waals surface area contributed by atoms with Crippen LogP contribution in [0.25, 0.3) is 0 Å². The van der Waals surface area contributed by atoms with Crippen molar-refractivity contribution in [1.82, 2.24) is 10.3 Å². The van der Waals surface area contributed by atoms with Crippen molar-refractivity contribution in [2.45, 2.75) is 32.1 Å². The van der Waals surface area contributed by atoms with E-state index >= 15 is 0 Å². The highest BCUT2D eigenvalue weighted by molar-refractivity contribution is 5.91. The number of furan rings is 1. The number of anilines is 1. The Bertz CT molecular complexity index is 716. The lowest BCUT2D eigenvalue weighted by molar-refractivity contribution is 0.0914. The number of methoxy groups -OCH3 is 1. The van der Waals surface area contributed by atoms with Gasteiger partial charge in [0.1, 0.15) is 18.2 Å². The van der Waals surface area contributed by atoms with Crippen LogP contribution in [0.2, 0.25) is 0 Å². The number of piperidine rings is 1. The molecule has 2 N–H and O–H groups in total. The largest absolute Gasteiger partial charge is 0.453 e. The van der Waals surface area contributed by atoms with Gasteiger partial charge in [-0.25, -0.2) is 4.98 Å². The molecule has 0 aliphatic carbocycles. The quantitative estimate of drug-likeness (QED) is 0.829. The number of rotatable bonds is 6. The molecule has 1 atom stereocenters. The van der Waals surface area contributed by atoms with Gasteiger partial charge >= 0.3 is 0 Å². The lowest BCUT2D eigenvalue weighted by Crippen LogP contribution is -2.39. The summed E-state index contributed by atoms with van der Waals surface area (Å²) in [5.74, 6) is 1.39. The van der Waals surface area contributed by atoms with Crippen molar-refractivity contribution in [3.8, 4) is 0 Å². The second-order valence-electron chi connectivity index (χ2n) is 6.11. The van der Waals surface area contributed by atoms with Gasteiger partial charge in [-0.2, -0.15) is 0 Å². The molecular weight excluding hydrogens is 322 g/mol. The second-order valence-corrected chi connectivity index (χ2v) is 6.11. The van der Waals surface area contributed by atoms with Gasteiger partial charge in [-0.1, -0.05) is 6.07 Å². The number of carbonyl (C=O) groups excluding carboxylic acids is 1. The van der Waals surface area contributed by atoms with Crippen molar-refractivity contribution in [2.75, 3.05) is 25.1 Å². The number of hydrogen-bond donors (Lipinski definition) is 2. The predicted octanol–water partition coefficient (Wildman–Crippen LogP) is 1.71. The first-order chi connectivity index (χ1) is 12.2. The molecule has 0 aromatic carbocycles. The molecule has 0 saturated carbocycles. The van der Waals surface area contributed by atoms with Gasteiger partial charge in [-0.05, 0) is 31.0 Å². The molecule has 3 heterocycles. The van der Waals surface area contributed by atoms with Gasteiger partial charge in [0.25, 0.3) is 5.91 Å². The molecule has 7 heteroatoms. The first-order valence-electron chi connectivity index (χ1n) is 8.40. The summed E-state index contributed by atoms with van der Waals surface area (Å²) in [5, 5.41) is 12.7. The fourth-order valence-corrected chi connectivity index (χ4v) is 2.98. The van der Waals surface area contributed by atoms with E-state index in [1.54, 1.807) is 25.4 Å². The monoisotopic (exact) mass is 345 g/mol. The number of amides is 1. The van der Waals surface area contributed by atoms with Crippen molar-refractivity contribution in [3.63, 3.8) is 0 Å². The van der Waals surface area contributed by atoms with Gasteiger partial charge in [0.2, 0.25) is 0 Å². The van der Waals surface area contributed by atoms with Crippen molar-refractivity contribution in [1.29, 1.82) is 0 Å². The zero-order chi connectivity index (χ0) is 17.6. The van der Waals surface area contributed by atoms with Crippen LogP contribution in [0, 0.1) is 0 Å². The number of ether oxygens (including phenoxy) is 1. The number of hydrogen-bond acceptors (Lipinski definition) is 6. The minimum absolute atomic E-state index is 0.255. The van der Waals surface area contributed by atoms with E-state index in [-0.39, 0.29) is 17.8 Å². The average molecular weight is 345 g/mol. The maximum Gasteiger partial charge on any atom is 0.287 e. The topological polar surface area (TPSA) is 87.8 Å². The minimum atomic E-state index is -0.333. The molecule has 1 fully saturated rings. The summed E-state index contributed by atoms with van der Waals surface area (Å²) in [6, 6.07) is 7.13. The van der Waals surface area contributed by atoms with Gasteiger partial charge in [0, 0.05) is 38.5 Å². The standard InChI is InChI=1S/C18H23N3O4/c1-24-12-15-6-7-16(25-15)18(23)20-10-13-4-2-8-19-17(13)21-9-3-5-14(22)11-21/h2,4,6-8,14,22H,3,5,9-12H2,1H3,(H,20,23)/t14-/m1/s1. The lowest BCUT2D eigenvalue weighted by atomic mass is 10.1. The molecule has 2 aromatic heterocycles. The van der Waals surface area contributed by atoms with Gasteiger partial charge in [-0.15, -0.1) is 0 Å². The Morgan fingerprint density at radius 2 is 2.36 bits per heavy atom. The molecule has 0 bridgehead atoms. The van der Waals surface area contributed by atoms with E-state index in [0.717, 1.165) is 30.8 Å². The molecule has 2 aromatic rings. The van der Waals surface area contributed by atoms with Crippen molar-refractivity contribution in [3.05, 3.63) is 47.5 Å². The second kappa shape index (κ2) is 8.13. The van der Waals surface area contributed by atoms with Crippen LogP contribution >= 0.6 is 0 Å². The van der Waals surface area contributed by atoms with E-state index in [4.69, 9.17) is 9.15 Å². The SMILES string of the molecule is COCc1ccc(C(=O)NCc2cccnc2N2CCC[C@@H](O)C2)o1. The third-order valence-electron chi connectivity index (χ3n) is 4.17. The Labute approximate surface area is 146 Å². The number of nitrogens with one attached hydrogen (secondary N) is 1.